The van der Waals surface area contributed by atoms with E-state index in [1.54, 1.807) is 0 Å². The molecule has 0 atom stereocenters. The molecule has 1 heterocycles. The van der Waals surface area contributed by atoms with Gasteiger partial charge in [0.25, 0.3) is 0 Å². The molecule has 2 nitrogen and oxygen atoms in total. The van der Waals surface area contributed by atoms with Crippen molar-refractivity contribution in [3.63, 3.8) is 0 Å². The lowest BCUT2D eigenvalue weighted by molar-refractivity contribution is 1.05. The Morgan fingerprint density at radius 3 is 2.20 bits per heavy atom. The summed E-state index contributed by atoms with van der Waals surface area (Å²) in [5.41, 5.74) is 3.09. The van der Waals surface area contributed by atoms with Gasteiger partial charge in [0, 0.05) is 16.3 Å². The molecule has 1 aromatic carbocycles. The van der Waals surface area contributed by atoms with E-state index in [4.69, 9.17) is 11.6 Å². The van der Waals surface area contributed by atoms with E-state index < -0.39 is 0 Å². The van der Waals surface area contributed by atoms with Crippen LogP contribution < -0.4 is 0 Å². The van der Waals surface area contributed by atoms with E-state index in [1.165, 1.54) is 0 Å². The van der Waals surface area contributed by atoms with Gasteiger partial charge in [-0.3, -0.25) is 5.10 Å². The molecule has 0 spiro atoms. The molecule has 0 radical (unpaired) electrons. The van der Waals surface area contributed by atoms with Crippen LogP contribution in [0.4, 0.5) is 0 Å². The van der Waals surface area contributed by atoms with Crippen LogP contribution in [0, 0.1) is 6.92 Å². The minimum absolute atomic E-state index is 0.746. The molecule has 0 saturated heterocycles. The van der Waals surface area contributed by atoms with E-state index in [0.717, 1.165) is 22.0 Å². The lowest BCUT2D eigenvalue weighted by Crippen LogP contribution is -1.76. The molecule has 0 bridgehead atoms. The Kier molecular flexibility index (Phi) is 4.37. The van der Waals surface area contributed by atoms with Crippen LogP contribution in [0.2, 0.25) is 5.02 Å². The average molecular weight is 223 g/mol. The van der Waals surface area contributed by atoms with Crippen LogP contribution in [0.3, 0.4) is 0 Å². The molecular weight excluding hydrogens is 208 g/mol. The fourth-order valence-electron chi connectivity index (χ4n) is 1.19. The topological polar surface area (TPSA) is 28.7 Å². The molecule has 1 N–H and O–H groups in total. The summed E-state index contributed by atoms with van der Waals surface area (Å²) in [6, 6.07) is 9.64. The first-order valence-corrected chi connectivity index (χ1v) is 5.41. The second-order valence-electron chi connectivity index (χ2n) is 2.94. The van der Waals surface area contributed by atoms with Crippen LogP contribution in [0.25, 0.3) is 11.3 Å². The second kappa shape index (κ2) is 5.56. The Morgan fingerprint density at radius 2 is 1.73 bits per heavy atom. The Balaban J connectivity index is 0.000000531. The number of rotatable bonds is 1. The van der Waals surface area contributed by atoms with Crippen LogP contribution >= 0.6 is 11.6 Å². The van der Waals surface area contributed by atoms with Crippen molar-refractivity contribution in [2.45, 2.75) is 20.8 Å². The average Bonchev–Trinajstić information content (AvgIpc) is 2.69. The fourth-order valence-corrected chi connectivity index (χ4v) is 1.31. The summed E-state index contributed by atoms with van der Waals surface area (Å²) in [5, 5.41) is 7.79. The number of hydrogen-bond donors (Lipinski definition) is 1. The highest BCUT2D eigenvalue weighted by Gasteiger charge is 2.00. The lowest BCUT2D eigenvalue weighted by Gasteiger charge is -1.94. The van der Waals surface area contributed by atoms with E-state index in [-0.39, 0.29) is 0 Å². The zero-order valence-electron chi connectivity index (χ0n) is 9.21. The molecule has 0 aliphatic rings. The number of benzene rings is 1. The Morgan fingerprint density at radius 1 is 1.13 bits per heavy atom. The summed E-state index contributed by atoms with van der Waals surface area (Å²) in [7, 11) is 0. The Labute approximate surface area is 95.3 Å². The molecule has 0 saturated carbocycles. The molecule has 80 valence electrons. The van der Waals surface area contributed by atoms with Crippen molar-refractivity contribution in [2.75, 3.05) is 0 Å². The van der Waals surface area contributed by atoms with Gasteiger partial charge in [-0.05, 0) is 25.1 Å². The third kappa shape index (κ3) is 3.10. The number of halogens is 1. The molecule has 2 rings (SSSR count). The number of nitrogens with one attached hydrogen (secondary N) is 1. The molecule has 0 aliphatic carbocycles. The molecule has 1 aromatic heterocycles. The van der Waals surface area contributed by atoms with Crippen LogP contribution in [-0.4, -0.2) is 10.2 Å². The number of aryl methyl sites for hydroxylation is 1. The third-order valence-corrected chi connectivity index (χ3v) is 2.10. The normalized spacial score (nSPS) is 9.33. The summed E-state index contributed by atoms with van der Waals surface area (Å²) in [6.45, 7) is 5.98. The monoisotopic (exact) mass is 222 g/mol. The van der Waals surface area contributed by atoms with Gasteiger partial charge in [-0.15, -0.1) is 0 Å². The van der Waals surface area contributed by atoms with Crippen LogP contribution in [-0.2, 0) is 0 Å². The van der Waals surface area contributed by atoms with Gasteiger partial charge in [0.05, 0.1) is 5.69 Å². The molecule has 3 heteroatoms. The number of nitrogens with zero attached hydrogens (tertiary/aromatic N) is 1. The highest BCUT2D eigenvalue weighted by atomic mass is 35.5. The van der Waals surface area contributed by atoms with E-state index in [0.29, 0.717) is 0 Å². The molecule has 0 fully saturated rings. The quantitative estimate of drug-likeness (QED) is 0.775. The molecule has 0 aliphatic heterocycles. The lowest BCUT2D eigenvalue weighted by atomic mass is 10.1. The van der Waals surface area contributed by atoms with Gasteiger partial charge in [-0.2, -0.15) is 5.10 Å². The van der Waals surface area contributed by atoms with E-state index >= 15 is 0 Å². The zero-order valence-corrected chi connectivity index (χ0v) is 9.97. The first kappa shape index (κ1) is 11.8. The van der Waals surface area contributed by atoms with Crippen molar-refractivity contribution in [1.29, 1.82) is 0 Å². The molecule has 2 aromatic rings. The van der Waals surface area contributed by atoms with E-state index in [2.05, 4.69) is 10.2 Å². The standard InChI is InChI=1S/C10H9ClN2.C2H6/c1-7-6-10(13-12-7)8-2-4-9(11)5-3-8;1-2/h2-6H,1H3,(H,12,13);1-2H3. The number of aromatic nitrogens is 2. The predicted octanol–water partition coefficient (Wildman–Crippen LogP) is 4.06. The number of H-pyrrole nitrogens is 1. The number of aromatic amines is 1. The minimum Gasteiger partial charge on any atom is -0.282 e. The van der Waals surface area contributed by atoms with Gasteiger partial charge in [0.1, 0.15) is 0 Å². The number of hydrogen-bond acceptors (Lipinski definition) is 1. The highest BCUT2D eigenvalue weighted by Crippen LogP contribution is 2.19. The first-order chi connectivity index (χ1) is 7.25. The van der Waals surface area contributed by atoms with Crippen molar-refractivity contribution in [3.05, 3.63) is 41.0 Å². The maximum Gasteiger partial charge on any atom is 0.0923 e. The summed E-state index contributed by atoms with van der Waals surface area (Å²) in [6.07, 6.45) is 0. The molecule has 15 heavy (non-hydrogen) atoms. The third-order valence-electron chi connectivity index (χ3n) is 1.85. The van der Waals surface area contributed by atoms with Gasteiger partial charge in [0.15, 0.2) is 0 Å². The summed E-state index contributed by atoms with van der Waals surface area (Å²) in [4.78, 5) is 0. The van der Waals surface area contributed by atoms with Crippen LogP contribution in [0.15, 0.2) is 30.3 Å². The second-order valence-corrected chi connectivity index (χ2v) is 3.38. The first-order valence-electron chi connectivity index (χ1n) is 5.03. The van der Waals surface area contributed by atoms with Crippen molar-refractivity contribution >= 4 is 11.6 Å². The SMILES string of the molecule is CC.Cc1cc(-c2ccc(Cl)cc2)n[nH]1. The van der Waals surface area contributed by atoms with Gasteiger partial charge < -0.3 is 0 Å². The van der Waals surface area contributed by atoms with Crippen LogP contribution in [0.5, 0.6) is 0 Å². The van der Waals surface area contributed by atoms with Gasteiger partial charge in [-0.25, -0.2) is 0 Å². The van der Waals surface area contributed by atoms with Gasteiger partial charge in [-0.1, -0.05) is 37.6 Å². The predicted molar refractivity (Wildman–Crippen MR) is 65.1 cm³/mol. The summed E-state index contributed by atoms with van der Waals surface area (Å²) >= 11 is 5.78. The van der Waals surface area contributed by atoms with Crippen molar-refractivity contribution in [2.24, 2.45) is 0 Å². The minimum atomic E-state index is 0.746. The maximum absolute atomic E-state index is 5.78. The Bertz CT molecular complexity index is 404. The van der Waals surface area contributed by atoms with Crippen LogP contribution in [0.1, 0.15) is 19.5 Å². The van der Waals surface area contributed by atoms with Crippen molar-refractivity contribution < 1.29 is 0 Å². The molecule has 0 unspecified atom stereocenters. The van der Waals surface area contributed by atoms with E-state index in [9.17, 15) is 0 Å². The van der Waals surface area contributed by atoms with E-state index in [1.807, 2.05) is 51.1 Å². The smallest absolute Gasteiger partial charge is 0.0923 e. The highest BCUT2D eigenvalue weighted by molar-refractivity contribution is 6.30. The van der Waals surface area contributed by atoms with Gasteiger partial charge in [0.2, 0.25) is 0 Å². The Hall–Kier alpha value is -1.28. The van der Waals surface area contributed by atoms with Gasteiger partial charge >= 0.3 is 0 Å². The summed E-state index contributed by atoms with van der Waals surface area (Å²) in [5.74, 6) is 0. The molecule has 0 amide bonds. The maximum atomic E-state index is 5.78. The molecular formula is C12H15ClN2. The summed E-state index contributed by atoms with van der Waals surface area (Å²) < 4.78 is 0. The van der Waals surface area contributed by atoms with Crippen molar-refractivity contribution in [1.82, 2.24) is 10.2 Å². The largest absolute Gasteiger partial charge is 0.282 e. The zero-order chi connectivity index (χ0) is 11.3. The van der Waals surface area contributed by atoms with Crippen molar-refractivity contribution in [3.8, 4) is 11.3 Å². The fraction of sp³-hybridized carbons (Fsp3) is 0.250.